The van der Waals surface area contributed by atoms with Crippen LogP contribution in [0.25, 0.3) is 0 Å². The molecule has 0 aromatic heterocycles. The summed E-state index contributed by atoms with van der Waals surface area (Å²) in [5, 5.41) is 0. The Labute approximate surface area is 130 Å². The maximum atomic E-state index is 2.45. The van der Waals surface area contributed by atoms with E-state index in [1.165, 1.54) is 69.5 Å². The Bertz CT molecular complexity index is 431. The monoisotopic (exact) mass is 288 g/mol. The Morgan fingerprint density at radius 1 is 1.00 bits per heavy atom. The van der Waals surface area contributed by atoms with E-state index in [2.05, 4.69) is 38.1 Å². The van der Waals surface area contributed by atoms with Crippen LogP contribution in [-0.4, -0.2) is 32.2 Å². The van der Waals surface area contributed by atoms with Crippen molar-refractivity contribution in [3.05, 3.63) is 35.4 Å². The predicted molar refractivity (Wildman–Crippen MR) is 87.7 cm³/mol. The quantitative estimate of drug-likeness (QED) is 0.816. The summed E-state index contributed by atoms with van der Waals surface area (Å²) in [6.45, 7) is 11.3. The summed E-state index contributed by atoms with van der Waals surface area (Å²) < 4.78 is 0. The number of hydrogen-bond donors (Lipinski definition) is 2. The Kier molecular flexibility index (Phi) is 4.97. The average Bonchev–Trinajstić information content (AvgIpc) is 2.50. The molecule has 1 heterocycles. The normalized spacial score (nSPS) is 33.8. The number of benzene rings is 1. The molecule has 1 saturated carbocycles. The van der Waals surface area contributed by atoms with Crippen LogP contribution in [0.3, 0.4) is 0 Å². The van der Waals surface area contributed by atoms with Gasteiger partial charge in [-0.3, -0.25) is 0 Å². The molecular weight excluding hydrogens is 256 g/mol. The van der Waals surface area contributed by atoms with Crippen molar-refractivity contribution in [1.82, 2.24) is 0 Å². The van der Waals surface area contributed by atoms with Gasteiger partial charge < -0.3 is 9.80 Å². The molecule has 2 heteroatoms. The first-order chi connectivity index (χ1) is 10.2. The van der Waals surface area contributed by atoms with Gasteiger partial charge in [-0.2, -0.15) is 0 Å². The molecule has 2 N–H and O–H groups in total. The molecule has 21 heavy (non-hydrogen) atoms. The van der Waals surface area contributed by atoms with Gasteiger partial charge in [0.2, 0.25) is 0 Å². The lowest BCUT2D eigenvalue weighted by atomic mass is 9.86. The zero-order valence-electron chi connectivity index (χ0n) is 13.8. The topological polar surface area (TPSA) is 8.88 Å². The van der Waals surface area contributed by atoms with Crippen LogP contribution in [-0.2, 0) is 6.54 Å². The fraction of sp³-hybridized carbons (Fsp3) is 0.684. The van der Waals surface area contributed by atoms with Gasteiger partial charge in [0.1, 0.15) is 32.7 Å². The molecule has 0 bridgehead atoms. The van der Waals surface area contributed by atoms with E-state index in [1.807, 2.05) is 4.90 Å². The van der Waals surface area contributed by atoms with Crippen molar-refractivity contribution >= 4 is 0 Å². The molecule has 3 rings (SSSR count). The minimum atomic E-state index is 0.967. The van der Waals surface area contributed by atoms with Crippen LogP contribution in [0.15, 0.2) is 24.3 Å². The fourth-order valence-corrected chi connectivity index (χ4v) is 4.31. The van der Waals surface area contributed by atoms with E-state index in [1.54, 1.807) is 4.90 Å². The zero-order valence-corrected chi connectivity index (χ0v) is 13.8. The van der Waals surface area contributed by atoms with Crippen molar-refractivity contribution < 1.29 is 9.80 Å². The highest BCUT2D eigenvalue weighted by molar-refractivity contribution is 5.20. The summed E-state index contributed by atoms with van der Waals surface area (Å²) in [6, 6.07) is 10.1. The first kappa shape index (κ1) is 15.1. The first-order valence-corrected chi connectivity index (χ1v) is 8.94. The minimum absolute atomic E-state index is 0.967. The van der Waals surface area contributed by atoms with Gasteiger partial charge in [0.15, 0.2) is 0 Å². The first-order valence-electron chi connectivity index (χ1n) is 8.94. The maximum absolute atomic E-state index is 2.45. The van der Waals surface area contributed by atoms with Crippen molar-refractivity contribution in [2.24, 2.45) is 5.92 Å². The van der Waals surface area contributed by atoms with Crippen LogP contribution in [0.2, 0.25) is 0 Å². The predicted octanol–water partition coefficient (Wildman–Crippen LogP) is 0.857. The van der Waals surface area contributed by atoms with Crippen LogP contribution in [0.4, 0.5) is 0 Å². The lowest BCUT2D eigenvalue weighted by Crippen LogP contribution is -3.29. The highest BCUT2D eigenvalue weighted by Crippen LogP contribution is 2.21. The number of hydrogen-bond acceptors (Lipinski definition) is 0. The lowest BCUT2D eigenvalue weighted by molar-refractivity contribution is -1.03. The molecule has 2 fully saturated rings. The second kappa shape index (κ2) is 6.93. The highest BCUT2D eigenvalue weighted by atomic mass is 15.3. The van der Waals surface area contributed by atoms with Crippen molar-refractivity contribution in [1.29, 1.82) is 0 Å². The molecule has 0 radical (unpaired) electrons. The molecule has 1 saturated heterocycles. The molecular formula is C19H32N2+2. The average molecular weight is 288 g/mol. The molecule has 2 atom stereocenters. The number of rotatable bonds is 3. The molecule has 0 unspecified atom stereocenters. The van der Waals surface area contributed by atoms with E-state index in [4.69, 9.17) is 0 Å². The lowest BCUT2D eigenvalue weighted by Gasteiger charge is -2.37. The third-order valence-corrected chi connectivity index (χ3v) is 5.69. The SMILES string of the molecule is Cc1ccc(C[NH+]2CC[NH+]([C@@H]3CCC[C@@H](C)C3)CC2)cc1. The summed E-state index contributed by atoms with van der Waals surface area (Å²) >= 11 is 0. The van der Waals surface area contributed by atoms with Crippen LogP contribution < -0.4 is 9.80 Å². The Morgan fingerprint density at radius 2 is 1.71 bits per heavy atom. The maximum Gasteiger partial charge on any atom is 0.127 e. The molecule has 1 aliphatic carbocycles. The van der Waals surface area contributed by atoms with Crippen LogP contribution in [0.5, 0.6) is 0 Å². The molecule has 0 spiro atoms. The number of quaternary nitrogens is 2. The van der Waals surface area contributed by atoms with Crippen molar-refractivity contribution in [3.63, 3.8) is 0 Å². The van der Waals surface area contributed by atoms with Gasteiger partial charge >= 0.3 is 0 Å². The van der Waals surface area contributed by atoms with Gasteiger partial charge in [-0.25, -0.2) is 0 Å². The van der Waals surface area contributed by atoms with E-state index in [0.29, 0.717) is 0 Å². The Balaban J connectivity index is 1.47. The van der Waals surface area contributed by atoms with Crippen LogP contribution in [0, 0.1) is 12.8 Å². The third kappa shape index (κ3) is 4.08. The van der Waals surface area contributed by atoms with Gasteiger partial charge in [0.25, 0.3) is 0 Å². The van der Waals surface area contributed by atoms with E-state index < -0.39 is 0 Å². The molecule has 1 aliphatic heterocycles. The van der Waals surface area contributed by atoms with Crippen LogP contribution >= 0.6 is 0 Å². The highest BCUT2D eigenvalue weighted by Gasteiger charge is 2.32. The third-order valence-electron chi connectivity index (χ3n) is 5.69. The summed E-state index contributed by atoms with van der Waals surface area (Å²) in [7, 11) is 0. The van der Waals surface area contributed by atoms with E-state index >= 15 is 0 Å². The van der Waals surface area contributed by atoms with E-state index in [-0.39, 0.29) is 0 Å². The molecule has 2 aliphatic rings. The van der Waals surface area contributed by atoms with Gasteiger partial charge in [-0.15, -0.1) is 0 Å². The van der Waals surface area contributed by atoms with Crippen molar-refractivity contribution in [2.45, 2.75) is 52.1 Å². The number of nitrogens with one attached hydrogen (secondary N) is 2. The molecule has 116 valence electrons. The second-order valence-electron chi connectivity index (χ2n) is 7.54. The molecule has 0 amide bonds. The summed E-state index contributed by atoms with van der Waals surface area (Å²) in [5.41, 5.74) is 2.87. The molecule has 1 aromatic carbocycles. The number of aryl methyl sites for hydroxylation is 1. The fourth-order valence-electron chi connectivity index (χ4n) is 4.31. The Hall–Kier alpha value is -0.860. The summed E-state index contributed by atoms with van der Waals surface area (Å²) in [6.07, 6.45) is 5.89. The minimum Gasteiger partial charge on any atom is -0.323 e. The standard InChI is InChI=1S/C19H30N2/c1-16-6-8-18(9-7-16)15-20-10-12-21(13-11-20)19-5-3-4-17(2)14-19/h6-9,17,19H,3-5,10-15H2,1-2H3/p+2/t17-,19-/m1/s1. The summed E-state index contributed by atoms with van der Waals surface area (Å²) in [4.78, 5) is 3.70. The van der Waals surface area contributed by atoms with Gasteiger partial charge in [0, 0.05) is 12.0 Å². The number of piperazine rings is 1. The zero-order chi connectivity index (χ0) is 14.7. The molecule has 1 aromatic rings. The van der Waals surface area contributed by atoms with Crippen molar-refractivity contribution in [3.8, 4) is 0 Å². The summed E-state index contributed by atoms with van der Waals surface area (Å²) in [5.74, 6) is 0.967. The second-order valence-corrected chi connectivity index (χ2v) is 7.54. The van der Waals surface area contributed by atoms with Gasteiger partial charge in [-0.05, 0) is 25.7 Å². The van der Waals surface area contributed by atoms with Gasteiger partial charge in [0.05, 0.1) is 6.04 Å². The smallest absolute Gasteiger partial charge is 0.127 e. The van der Waals surface area contributed by atoms with Crippen LogP contribution in [0.1, 0.15) is 43.7 Å². The van der Waals surface area contributed by atoms with Crippen molar-refractivity contribution in [2.75, 3.05) is 26.2 Å². The van der Waals surface area contributed by atoms with E-state index in [0.717, 1.165) is 12.0 Å². The van der Waals surface area contributed by atoms with E-state index in [9.17, 15) is 0 Å². The Morgan fingerprint density at radius 3 is 2.38 bits per heavy atom. The molecule has 2 nitrogen and oxygen atoms in total. The largest absolute Gasteiger partial charge is 0.323 e. The van der Waals surface area contributed by atoms with Gasteiger partial charge in [-0.1, -0.05) is 43.2 Å².